The van der Waals surface area contributed by atoms with Crippen LogP contribution < -0.4 is 5.43 Å². The molecule has 0 aliphatic carbocycles. The molecule has 0 aromatic carbocycles. The molecule has 1 saturated heterocycles. The van der Waals surface area contributed by atoms with Crippen LogP contribution in [0, 0.1) is 6.92 Å². The van der Waals surface area contributed by atoms with Crippen molar-refractivity contribution < 1.29 is 13.2 Å². The first-order valence-corrected chi connectivity index (χ1v) is 9.05. The Hall–Kier alpha value is -2.22. The Morgan fingerprint density at radius 2 is 2.09 bits per heavy atom. The lowest BCUT2D eigenvalue weighted by Gasteiger charge is -2.38. The number of nitrogens with one attached hydrogen (secondary N) is 1. The number of pyridine rings is 2. The van der Waals surface area contributed by atoms with Crippen molar-refractivity contribution >= 4 is 26.8 Å². The van der Waals surface area contributed by atoms with Crippen LogP contribution in [-0.4, -0.2) is 53.3 Å². The maximum absolute atomic E-state index is 12.4. The first-order valence-electron chi connectivity index (χ1n) is 7.33. The fraction of sp³-hybridized carbons (Fsp3) is 0.400. The molecule has 0 bridgehead atoms. The van der Waals surface area contributed by atoms with E-state index in [1.54, 1.807) is 19.1 Å². The molecule has 3 rings (SSSR count). The van der Waals surface area contributed by atoms with Crippen LogP contribution in [0.15, 0.2) is 23.1 Å². The van der Waals surface area contributed by atoms with Gasteiger partial charge in [-0.2, -0.15) is 0 Å². The fourth-order valence-electron chi connectivity index (χ4n) is 2.60. The van der Waals surface area contributed by atoms with Gasteiger partial charge in [0.15, 0.2) is 9.84 Å². The zero-order valence-electron chi connectivity index (χ0n) is 12.9. The number of likely N-dealkylation sites (tertiary alicyclic amines) is 1. The standard InChI is InChI=1S/C15H17N3O4S/c1-3-23(21,22)10-7-18(8-10)15(20)12-6-16-14-11(13(12)19)5-4-9(2)17-14/h4-6,10H,3,7-8H2,1-2H3,(H,16,17,19). The summed E-state index contributed by atoms with van der Waals surface area (Å²) in [5, 5.41) is -0.181. The second kappa shape index (κ2) is 5.45. The van der Waals surface area contributed by atoms with Gasteiger partial charge in [-0.3, -0.25) is 9.59 Å². The van der Waals surface area contributed by atoms with Gasteiger partial charge < -0.3 is 9.88 Å². The number of H-pyrrole nitrogens is 1. The van der Waals surface area contributed by atoms with Gasteiger partial charge in [-0.05, 0) is 19.1 Å². The molecule has 8 heteroatoms. The van der Waals surface area contributed by atoms with Crippen LogP contribution in [0.1, 0.15) is 23.0 Å². The summed E-state index contributed by atoms with van der Waals surface area (Å²) in [6.07, 6.45) is 1.35. The summed E-state index contributed by atoms with van der Waals surface area (Å²) in [7, 11) is -3.15. The number of amides is 1. The molecule has 1 amide bonds. The van der Waals surface area contributed by atoms with Gasteiger partial charge in [0.2, 0.25) is 5.43 Å². The lowest BCUT2D eigenvalue weighted by Crippen LogP contribution is -2.57. The molecular weight excluding hydrogens is 318 g/mol. The normalized spacial score (nSPS) is 15.7. The van der Waals surface area contributed by atoms with Crippen molar-refractivity contribution in [2.24, 2.45) is 0 Å². The highest BCUT2D eigenvalue weighted by atomic mass is 32.2. The van der Waals surface area contributed by atoms with E-state index in [9.17, 15) is 18.0 Å². The van der Waals surface area contributed by atoms with Crippen molar-refractivity contribution in [2.75, 3.05) is 18.8 Å². The van der Waals surface area contributed by atoms with Crippen molar-refractivity contribution in [3.05, 3.63) is 39.8 Å². The Morgan fingerprint density at radius 3 is 2.74 bits per heavy atom. The van der Waals surface area contributed by atoms with Crippen LogP contribution in [0.2, 0.25) is 0 Å². The summed E-state index contributed by atoms with van der Waals surface area (Å²) in [5.41, 5.74) is 0.817. The molecule has 0 atom stereocenters. The molecule has 0 radical (unpaired) electrons. The summed E-state index contributed by atoms with van der Waals surface area (Å²) >= 11 is 0. The van der Waals surface area contributed by atoms with Crippen LogP contribution in [-0.2, 0) is 9.84 Å². The first kappa shape index (κ1) is 15.7. The molecule has 0 spiro atoms. The van der Waals surface area contributed by atoms with E-state index in [1.165, 1.54) is 11.1 Å². The lowest BCUT2D eigenvalue weighted by molar-refractivity contribution is 0.0657. The number of aromatic nitrogens is 2. The molecule has 2 aromatic heterocycles. The van der Waals surface area contributed by atoms with Crippen molar-refractivity contribution in [3.63, 3.8) is 0 Å². The Bertz CT molecular complexity index is 943. The van der Waals surface area contributed by atoms with Crippen LogP contribution >= 0.6 is 0 Å². The molecule has 1 N–H and O–H groups in total. The SMILES string of the molecule is CCS(=O)(=O)C1CN(C(=O)c2c[nH]c3nc(C)ccc3c2=O)C1. The number of hydrogen-bond donors (Lipinski definition) is 1. The van der Waals surface area contributed by atoms with Gasteiger partial charge in [0.05, 0.1) is 10.6 Å². The molecule has 2 aromatic rings. The second-order valence-corrected chi connectivity index (χ2v) is 8.23. The highest BCUT2D eigenvalue weighted by Crippen LogP contribution is 2.19. The van der Waals surface area contributed by atoms with E-state index in [1.807, 2.05) is 6.92 Å². The van der Waals surface area contributed by atoms with E-state index in [4.69, 9.17) is 0 Å². The molecule has 1 aliphatic heterocycles. The average molecular weight is 335 g/mol. The Labute approximate surface area is 133 Å². The molecule has 0 unspecified atom stereocenters. The lowest BCUT2D eigenvalue weighted by atomic mass is 10.1. The van der Waals surface area contributed by atoms with E-state index in [0.29, 0.717) is 11.0 Å². The van der Waals surface area contributed by atoms with Crippen molar-refractivity contribution in [2.45, 2.75) is 19.1 Å². The third-order valence-corrected chi connectivity index (χ3v) is 6.27. The molecular formula is C15H17N3O4S. The minimum atomic E-state index is -3.15. The molecule has 23 heavy (non-hydrogen) atoms. The van der Waals surface area contributed by atoms with E-state index in [0.717, 1.165) is 5.69 Å². The van der Waals surface area contributed by atoms with Gasteiger partial charge in [0, 0.05) is 30.7 Å². The Kier molecular flexibility index (Phi) is 3.71. The maximum Gasteiger partial charge on any atom is 0.259 e. The summed E-state index contributed by atoms with van der Waals surface area (Å²) in [4.78, 5) is 33.3. The number of rotatable bonds is 3. The largest absolute Gasteiger partial charge is 0.345 e. The monoisotopic (exact) mass is 335 g/mol. The summed E-state index contributed by atoms with van der Waals surface area (Å²) < 4.78 is 23.5. The number of fused-ring (bicyclic) bond motifs is 1. The minimum absolute atomic E-state index is 0.00972. The quantitative estimate of drug-likeness (QED) is 0.880. The van der Waals surface area contributed by atoms with Gasteiger partial charge in [-0.1, -0.05) is 6.92 Å². The predicted octanol–water partition coefficient (Wildman–Crippen LogP) is 0.491. The Balaban J connectivity index is 1.87. The van der Waals surface area contributed by atoms with Gasteiger partial charge in [0.25, 0.3) is 5.91 Å². The highest BCUT2D eigenvalue weighted by Gasteiger charge is 2.39. The fourth-order valence-corrected chi connectivity index (χ4v) is 3.88. The van der Waals surface area contributed by atoms with Crippen LogP contribution in [0.25, 0.3) is 11.0 Å². The summed E-state index contributed by atoms with van der Waals surface area (Å²) in [6.45, 7) is 3.67. The van der Waals surface area contributed by atoms with Crippen molar-refractivity contribution in [3.8, 4) is 0 Å². The van der Waals surface area contributed by atoms with E-state index in [2.05, 4.69) is 9.97 Å². The Morgan fingerprint density at radius 1 is 1.39 bits per heavy atom. The van der Waals surface area contributed by atoms with Gasteiger partial charge in [0.1, 0.15) is 11.2 Å². The second-order valence-electron chi connectivity index (χ2n) is 5.66. The zero-order valence-corrected chi connectivity index (χ0v) is 13.7. The number of nitrogens with zero attached hydrogens (tertiary/aromatic N) is 2. The molecule has 122 valence electrons. The number of hydrogen-bond acceptors (Lipinski definition) is 5. The zero-order chi connectivity index (χ0) is 16.8. The summed E-state index contributed by atoms with van der Waals surface area (Å²) in [5.74, 6) is -0.391. The van der Waals surface area contributed by atoms with Gasteiger partial charge >= 0.3 is 0 Å². The van der Waals surface area contributed by atoms with Crippen molar-refractivity contribution in [1.29, 1.82) is 0 Å². The summed E-state index contributed by atoms with van der Waals surface area (Å²) in [6, 6.07) is 3.34. The highest BCUT2D eigenvalue weighted by molar-refractivity contribution is 7.92. The van der Waals surface area contributed by atoms with Crippen LogP contribution in [0.4, 0.5) is 0 Å². The third-order valence-electron chi connectivity index (χ3n) is 4.15. The number of carbonyl (C=O) groups excluding carboxylic acids is 1. The van der Waals surface area contributed by atoms with Gasteiger partial charge in [-0.15, -0.1) is 0 Å². The number of sulfone groups is 1. The van der Waals surface area contributed by atoms with E-state index >= 15 is 0 Å². The molecule has 1 fully saturated rings. The number of aromatic amines is 1. The van der Waals surface area contributed by atoms with E-state index in [-0.39, 0.29) is 24.4 Å². The topological polar surface area (TPSA) is 100 Å². The smallest absolute Gasteiger partial charge is 0.259 e. The van der Waals surface area contributed by atoms with Crippen LogP contribution in [0.5, 0.6) is 0 Å². The molecule has 7 nitrogen and oxygen atoms in total. The minimum Gasteiger partial charge on any atom is -0.345 e. The average Bonchev–Trinajstić information content (AvgIpc) is 2.45. The number of carbonyl (C=O) groups is 1. The predicted molar refractivity (Wildman–Crippen MR) is 86.3 cm³/mol. The third kappa shape index (κ3) is 2.63. The van der Waals surface area contributed by atoms with E-state index < -0.39 is 26.4 Å². The molecule has 0 saturated carbocycles. The first-order chi connectivity index (χ1) is 10.8. The maximum atomic E-state index is 12.4. The van der Waals surface area contributed by atoms with Gasteiger partial charge in [-0.25, -0.2) is 13.4 Å². The number of aryl methyl sites for hydroxylation is 1. The van der Waals surface area contributed by atoms with Crippen molar-refractivity contribution in [1.82, 2.24) is 14.9 Å². The molecule has 3 heterocycles. The van der Waals surface area contributed by atoms with Crippen LogP contribution in [0.3, 0.4) is 0 Å². The molecule has 1 aliphatic rings.